The number of benzene rings is 1. The lowest BCUT2D eigenvalue weighted by atomic mass is 9.93. The van der Waals surface area contributed by atoms with E-state index in [1.165, 1.54) is 12.8 Å². The van der Waals surface area contributed by atoms with E-state index in [1.54, 1.807) is 24.3 Å². The van der Waals surface area contributed by atoms with Crippen LogP contribution in [0.25, 0.3) is 0 Å². The molecule has 1 spiro atoms. The minimum atomic E-state index is -3.70. The lowest BCUT2D eigenvalue weighted by Crippen LogP contribution is -2.49. The number of amides is 1. The highest BCUT2D eigenvalue weighted by Gasteiger charge is 2.44. The Morgan fingerprint density at radius 3 is 2.46 bits per heavy atom. The van der Waals surface area contributed by atoms with Crippen molar-refractivity contribution in [2.24, 2.45) is 11.3 Å². The standard InChI is InChI=1S/C25H34N6O5S/c1-17-12-22(28-24(26-17)31-14-18(15-31)16-33)27-23(34)20-3-2-19(29-37(35,36)11-10-32)13-21(20)30-8-6-25(4-5-25)7-9-30/h2-3,12-13,18,29,32-33H,4-11,14-16H2,1H3,(H,26,27,28,34). The van der Waals surface area contributed by atoms with Gasteiger partial charge < -0.3 is 25.3 Å². The fraction of sp³-hybridized carbons (Fsp3) is 0.560. The zero-order valence-electron chi connectivity index (χ0n) is 21.0. The number of aliphatic hydroxyl groups is 2. The van der Waals surface area contributed by atoms with E-state index in [2.05, 4.69) is 24.9 Å². The summed E-state index contributed by atoms with van der Waals surface area (Å²) in [6.07, 6.45) is 4.60. The summed E-state index contributed by atoms with van der Waals surface area (Å²) in [6.45, 7) is 4.41. The van der Waals surface area contributed by atoms with Gasteiger partial charge in [0.05, 0.1) is 29.3 Å². The number of carbonyl (C=O) groups is 1. The Morgan fingerprint density at radius 2 is 1.81 bits per heavy atom. The first-order valence-electron chi connectivity index (χ1n) is 12.7. The van der Waals surface area contributed by atoms with Crippen LogP contribution in [-0.4, -0.2) is 79.7 Å². The Kier molecular flexibility index (Phi) is 6.99. The fourth-order valence-electron chi connectivity index (χ4n) is 5.09. The highest BCUT2D eigenvalue weighted by molar-refractivity contribution is 7.92. The molecule has 1 saturated carbocycles. The number of piperidine rings is 1. The minimum Gasteiger partial charge on any atom is -0.396 e. The van der Waals surface area contributed by atoms with E-state index < -0.39 is 22.4 Å². The molecule has 1 aromatic heterocycles. The van der Waals surface area contributed by atoms with E-state index in [4.69, 9.17) is 5.11 Å². The van der Waals surface area contributed by atoms with Crippen molar-refractivity contribution in [2.45, 2.75) is 32.6 Å². The van der Waals surface area contributed by atoms with Gasteiger partial charge in [0, 0.05) is 50.5 Å². The Balaban J connectivity index is 1.39. The summed E-state index contributed by atoms with van der Waals surface area (Å²) in [4.78, 5) is 26.6. The van der Waals surface area contributed by atoms with Gasteiger partial charge >= 0.3 is 0 Å². The van der Waals surface area contributed by atoms with Crippen molar-refractivity contribution >= 4 is 39.1 Å². The van der Waals surface area contributed by atoms with Crippen LogP contribution in [0.5, 0.6) is 0 Å². The summed E-state index contributed by atoms with van der Waals surface area (Å²) in [7, 11) is -3.70. The number of sulfonamides is 1. The van der Waals surface area contributed by atoms with Crippen molar-refractivity contribution in [2.75, 3.05) is 65.0 Å². The summed E-state index contributed by atoms with van der Waals surface area (Å²) in [6, 6.07) is 6.59. The topological polar surface area (TPSA) is 148 Å². The largest absolute Gasteiger partial charge is 0.396 e. The first kappa shape index (κ1) is 25.7. The van der Waals surface area contributed by atoms with Crippen LogP contribution < -0.4 is 19.8 Å². The van der Waals surface area contributed by atoms with Crippen molar-refractivity contribution in [3.05, 3.63) is 35.5 Å². The second-order valence-electron chi connectivity index (χ2n) is 10.5. The van der Waals surface area contributed by atoms with Gasteiger partial charge in [0.2, 0.25) is 16.0 Å². The fourth-order valence-corrected chi connectivity index (χ4v) is 5.92. The predicted molar refractivity (Wildman–Crippen MR) is 142 cm³/mol. The van der Waals surface area contributed by atoms with Crippen LogP contribution in [0.15, 0.2) is 24.3 Å². The van der Waals surface area contributed by atoms with E-state index in [0.29, 0.717) is 52.9 Å². The van der Waals surface area contributed by atoms with Gasteiger partial charge in [0.1, 0.15) is 5.82 Å². The van der Waals surface area contributed by atoms with Crippen molar-refractivity contribution in [1.29, 1.82) is 0 Å². The second-order valence-corrected chi connectivity index (χ2v) is 12.3. The molecule has 4 N–H and O–H groups in total. The predicted octanol–water partition coefficient (Wildman–Crippen LogP) is 1.58. The van der Waals surface area contributed by atoms with E-state index in [1.807, 2.05) is 11.8 Å². The molecule has 12 heteroatoms. The monoisotopic (exact) mass is 530 g/mol. The second kappa shape index (κ2) is 10.1. The summed E-state index contributed by atoms with van der Waals surface area (Å²) in [5.41, 5.74) is 2.60. The third-order valence-electron chi connectivity index (χ3n) is 7.58. The number of carbonyl (C=O) groups excluding carboxylic acids is 1. The highest BCUT2D eigenvalue weighted by Crippen LogP contribution is 2.54. The third-order valence-corrected chi connectivity index (χ3v) is 8.85. The van der Waals surface area contributed by atoms with Crippen LogP contribution in [0.4, 0.5) is 23.1 Å². The molecule has 0 unspecified atom stereocenters. The van der Waals surface area contributed by atoms with Crippen molar-refractivity contribution < 1.29 is 23.4 Å². The zero-order valence-corrected chi connectivity index (χ0v) is 21.8. The molecule has 2 saturated heterocycles. The van der Waals surface area contributed by atoms with Gasteiger partial charge in [-0.05, 0) is 56.2 Å². The molecule has 200 valence electrons. The van der Waals surface area contributed by atoms with Gasteiger partial charge in [-0.2, -0.15) is 4.98 Å². The molecule has 3 aliphatic rings. The van der Waals surface area contributed by atoms with Gasteiger partial charge in [-0.15, -0.1) is 0 Å². The Hall–Kier alpha value is -2.96. The van der Waals surface area contributed by atoms with E-state index in [0.717, 1.165) is 25.9 Å². The zero-order chi connectivity index (χ0) is 26.2. The van der Waals surface area contributed by atoms with Crippen LogP contribution in [-0.2, 0) is 10.0 Å². The molecule has 0 atom stereocenters. The maximum absolute atomic E-state index is 13.5. The van der Waals surface area contributed by atoms with E-state index in [-0.39, 0.29) is 18.4 Å². The Labute approximate surface area is 217 Å². The summed E-state index contributed by atoms with van der Waals surface area (Å²) < 4.78 is 27.0. The first-order valence-corrected chi connectivity index (χ1v) is 14.4. The van der Waals surface area contributed by atoms with Gasteiger partial charge in [-0.1, -0.05) is 0 Å². The number of nitrogens with one attached hydrogen (secondary N) is 2. The third kappa shape index (κ3) is 5.81. The normalized spacial score (nSPS) is 19.0. The van der Waals surface area contributed by atoms with Gasteiger partial charge in [0.15, 0.2) is 0 Å². The molecule has 0 radical (unpaired) electrons. The molecule has 1 aromatic carbocycles. The van der Waals surface area contributed by atoms with Crippen molar-refractivity contribution in [3.63, 3.8) is 0 Å². The molecule has 1 aliphatic carbocycles. The van der Waals surface area contributed by atoms with Crippen LogP contribution in [0.1, 0.15) is 41.7 Å². The van der Waals surface area contributed by atoms with Crippen LogP contribution in [0.2, 0.25) is 0 Å². The summed E-state index contributed by atoms with van der Waals surface area (Å²) in [5, 5.41) is 21.3. The summed E-state index contributed by atoms with van der Waals surface area (Å²) in [5.74, 6) is 0.362. The highest BCUT2D eigenvalue weighted by atomic mass is 32.2. The lowest BCUT2D eigenvalue weighted by Gasteiger charge is -2.38. The molecule has 5 rings (SSSR count). The van der Waals surface area contributed by atoms with Gasteiger partial charge in [-0.25, -0.2) is 13.4 Å². The maximum atomic E-state index is 13.5. The molecule has 0 bridgehead atoms. The van der Waals surface area contributed by atoms with Crippen molar-refractivity contribution in [3.8, 4) is 0 Å². The SMILES string of the molecule is Cc1cc(NC(=O)c2ccc(NS(=O)(=O)CCO)cc2N2CCC3(CC2)CC3)nc(N2CC(CO)C2)n1. The molecule has 11 nitrogen and oxygen atoms in total. The maximum Gasteiger partial charge on any atom is 0.258 e. The number of rotatable bonds is 9. The molecule has 3 fully saturated rings. The Bertz CT molecular complexity index is 1270. The van der Waals surface area contributed by atoms with Gasteiger partial charge in [-0.3, -0.25) is 9.52 Å². The Morgan fingerprint density at radius 1 is 1.08 bits per heavy atom. The number of hydrogen-bond acceptors (Lipinski definition) is 9. The quantitative estimate of drug-likeness (QED) is 0.379. The summed E-state index contributed by atoms with van der Waals surface area (Å²) >= 11 is 0. The number of anilines is 4. The average molecular weight is 531 g/mol. The molecular weight excluding hydrogens is 496 g/mol. The first-order chi connectivity index (χ1) is 17.7. The van der Waals surface area contributed by atoms with Crippen molar-refractivity contribution in [1.82, 2.24) is 9.97 Å². The van der Waals surface area contributed by atoms with Gasteiger partial charge in [0.25, 0.3) is 5.91 Å². The minimum absolute atomic E-state index is 0.123. The average Bonchev–Trinajstić information content (AvgIpc) is 3.57. The van der Waals surface area contributed by atoms with Crippen LogP contribution in [0, 0.1) is 18.3 Å². The number of aliphatic hydroxyl groups excluding tert-OH is 2. The van der Waals surface area contributed by atoms with E-state index >= 15 is 0 Å². The number of aryl methyl sites for hydroxylation is 1. The molecular formula is C25H34N6O5S. The van der Waals surface area contributed by atoms with Crippen LogP contribution in [0.3, 0.4) is 0 Å². The molecule has 2 aliphatic heterocycles. The molecule has 2 aromatic rings. The molecule has 37 heavy (non-hydrogen) atoms. The van der Waals surface area contributed by atoms with E-state index in [9.17, 15) is 18.3 Å². The molecule has 3 heterocycles. The smallest absolute Gasteiger partial charge is 0.258 e. The number of hydrogen-bond donors (Lipinski definition) is 4. The van der Waals surface area contributed by atoms with Crippen LogP contribution >= 0.6 is 0 Å². The lowest BCUT2D eigenvalue weighted by molar-refractivity contribution is 0.102. The molecule has 1 amide bonds. The number of aromatic nitrogens is 2. The number of nitrogens with zero attached hydrogens (tertiary/aromatic N) is 4.